The minimum atomic E-state index is -3.64. The number of sulfonamides is 1. The maximum atomic E-state index is 12.5. The lowest BCUT2D eigenvalue weighted by atomic mass is 9.90. The topological polar surface area (TPSA) is 119 Å². The lowest BCUT2D eigenvalue weighted by molar-refractivity contribution is -0.122. The second-order valence-electron chi connectivity index (χ2n) is 8.05. The Morgan fingerprint density at radius 1 is 1.12 bits per heavy atom. The van der Waals surface area contributed by atoms with Crippen molar-refractivity contribution in [2.75, 3.05) is 19.7 Å². The molecule has 2 atom stereocenters. The lowest BCUT2D eigenvalue weighted by Crippen LogP contribution is -2.41. The molecular weight excluding hydrogens is 426 g/mol. The first-order chi connectivity index (χ1) is 15.4. The maximum Gasteiger partial charge on any atom is 0.240 e. The largest absolute Gasteiger partial charge is 0.395 e. The van der Waals surface area contributed by atoms with Crippen LogP contribution in [0.5, 0.6) is 0 Å². The highest BCUT2D eigenvalue weighted by molar-refractivity contribution is 7.89. The fourth-order valence-corrected chi connectivity index (χ4v) is 4.90. The van der Waals surface area contributed by atoms with Crippen LogP contribution in [0.25, 0.3) is 11.1 Å². The molecule has 8 heteroatoms. The Kier molecular flexibility index (Phi) is 8.53. The molecule has 0 saturated carbocycles. The molecule has 0 amide bonds. The van der Waals surface area contributed by atoms with E-state index in [2.05, 4.69) is 16.1 Å². The number of aliphatic hydroxyl groups excluding tert-OH is 1. The van der Waals surface area contributed by atoms with Gasteiger partial charge in [0.25, 0.3) is 0 Å². The van der Waals surface area contributed by atoms with Crippen LogP contribution < -0.4 is 10.0 Å². The molecule has 1 heterocycles. The molecule has 0 spiro atoms. The van der Waals surface area contributed by atoms with Gasteiger partial charge in [-0.1, -0.05) is 42.8 Å². The molecule has 7 nitrogen and oxygen atoms in total. The van der Waals surface area contributed by atoms with E-state index < -0.39 is 10.0 Å². The molecule has 170 valence electrons. The average Bonchev–Trinajstić information content (AvgIpc) is 2.83. The number of ketones is 1. The van der Waals surface area contributed by atoms with Crippen molar-refractivity contribution in [1.82, 2.24) is 10.0 Å². The molecule has 2 aromatic rings. The minimum Gasteiger partial charge on any atom is -0.395 e. The number of nitriles is 1. The van der Waals surface area contributed by atoms with Gasteiger partial charge >= 0.3 is 0 Å². The molecule has 32 heavy (non-hydrogen) atoms. The summed E-state index contributed by atoms with van der Waals surface area (Å²) in [6.07, 6.45) is 3.77. The number of hydrogen-bond acceptors (Lipinski definition) is 6. The van der Waals surface area contributed by atoms with Gasteiger partial charge in [-0.25, -0.2) is 13.1 Å². The van der Waals surface area contributed by atoms with Gasteiger partial charge in [-0.3, -0.25) is 4.79 Å². The smallest absolute Gasteiger partial charge is 0.240 e. The molecule has 3 rings (SSSR count). The van der Waals surface area contributed by atoms with E-state index in [1.165, 1.54) is 12.1 Å². The number of nitrogens with one attached hydrogen (secondary N) is 2. The van der Waals surface area contributed by atoms with E-state index in [1.54, 1.807) is 12.1 Å². The Balaban J connectivity index is 1.61. The van der Waals surface area contributed by atoms with Gasteiger partial charge in [0.1, 0.15) is 0 Å². The second kappa shape index (κ2) is 11.3. The number of piperidine rings is 1. The Labute approximate surface area is 189 Å². The number of aliphatic hydroxyl groups is 1. The van der Waals surface area contributed by atoms with Gasteiger partial charge in [0, 0.05) is 13.0 Å². The fraction of sp³-hybridized carbons (Fsp3) is 0.417. The monoisotopic (exact) mass is 455 g/mol. The molecule has 1 aliphatic rings. The van der Waals surface area contributed by atoms with Crippen LogP contribution in [-0.2, 0) is 21.2 Å². The SMILES string of the molecule is N#C[C@@H](CC(=O)[C@@H]1CCCCN1)Cc1ccc(-c2ccc(S(=O)(=O)NCCO)cc2)cc1. The molecule has 0 radical (unpaired) electrons. The van der Waals surface area contributed by atoms with Crippen LogP contribution in [-0.4, -0.2) is 45.0 Å². The summed E-state index contributed by atoms with van der Waals surface area (Å²) < 4.78 is 26.5. The van der Waals surface area contributed by atoms with Gasteiger partial charge in [-0.2, -0.15) is 5.26 Å². The van der Waals surface area contributed by atoms with E-state index in [0.717, 1.165) is 42.5 Å². The van der Waals surface area contributed by atoms with Crippen molar-refractivity contribution in [1.29, 1.82) is 5.26 Å². The highest BCUT2D eigenvalue weighted by atomic mass is 32.2. The third-order valence-electron chi connectivity index (χ3n) is 5.67. The summed E-state index contributed by atoms with van der Waals surface area (Å²) in [4.78, 5) is 12.6. The van der Waals surface area contributed by atoms with Crippen LogP contribution in [0.4, 0.5) is 0 Å². The van der Waals surface area contributed by atoms with Gasteiger partial charge in [-0.05, 0) is 54.6 Å². The van der Waals surface area contributed by atoms with Gasteiger partial charge in [-0.15, -0.1) is 0 Å². The third kappa shape index (κ3) is 6.47. The second-order valence-corrected chi connectivity index (χ2v) is 9.81. The number of hydrogen-bond donors (Lipinski definition) is 3. The summed E-state index contributed by atoms with van der Waals surface area (Å²) >= 11 is 0. The van der Waals surface area contributed by atoms with Crippen LogP contribution in [0.3, 0.4) is 0 Å². The predicted octanol–water partition coefficient (Wildman–Crippen LogP) is 2.41. The first kappa shape index (κ1) is 24.1. The summed E-state index contributed by atoms with van der Waals surface area (Å²) in [6, 6.07) is 16.4. The van der Waals surface area contributed by atoms with E-state index in [0.29, 0.717) is 6.42 Å². The van der Waals surface area contributed by atoms with Crippen molar-refractivity contribution in [3.05, 3.63) is 54.1 Å². The molecule has 0 unspecified atom stereocenters. The van der Waals surface area contributed by atoms with Gasteiger partial charge in [0.05, 0.1) is 29.5 Å². The molecule has 1 aliphatic heterocycles. The number of carbonyl (C=O) groups excluding carboxylic acids is 1. The van der Waals surface area contributed by atoms with E-state index in [-0.39, 0.29) is 42.2 Å². The molecule has 0 bridgehead atoms. The summed E-state index contributed by atoms with van der Waals surface area (Å²) in [5.74, 6) is -0.232. The van der Waals surface area contributed by atoms with Gasteiger partial charge in [0.2, 0.25) is 10.0 Å². The van der Waals surface area contributed by atoms with Crippen molar-refractivity contribution in [2.45, 2.75) is 43.0 Å². The molecule has 2 aromatic carbocycles. The quantitative estimate of drug-likeness (QED) is 0.506. The zero-order valence-electron chi connectivity index (χ0n) is 18.0. The average molecular weight is 456 g/mol. The fourth-order valence-electron chi connectivity index (χ4n) is 3.88. The first-order valence-electron chi connectivity index (χ1n) is 10.9. The van der Waals surface area contributed by atoms with Crippen molar-refractivity contribution in [2.24, 2.45) is 5.92 Å². The van der Waals surface area contributed by atoms with Crippen molar-refractivity contribution in [3.8, 4) is 17.2 Å². The number of nitrogens with zero attached hydrogens (tertiary/aromatic N) is 1. The summed E-state index contributed by atoms with van der Waals surface area (Å²) in [5.41, 5.74) is 2.78. The lowest BCUT2D eigenvalue weighted by Gasteiger charge is -2.23. The molecule has 0 aliphatic carbocycles. The molecule has 3 N–H and O–H groups in total. The molecule has 1 fully saturated rings. The predicted molar refractivity (Wildman–Crippen MR) is 122 cm³/mol. The zero-order chi connectivity index (χ0) is 23.0. The first-order valence-corrected chi connectivity index (χ1v) is 12.4. The van der Waals surface area contributed by atoms with E-state index in [1.807, 2.05) is 24.3 Å². The van der Waals surface area contributed by atoms with Crippen molar-refractivity contribution >= 4 is 15.8 Å². The van der Waals surface area contributed by atoms with Gasteiger partial charge in [0.15, 0.2) is 5.78 Å². The molecule has 0 aromatic heterocycles. The van der Waals surface area contributed by atoms with Crippen LogP contribution in [0.15, 0.2) is 53.4 Å². The van der Waals surface area contributed by atoms with Gasteiger partial charge < -0.3 is 10.4 Å². The Morgan fingerprint density at radius 3 is 2.34 bits per heavy atom. The zero-order valence-corrected chi connectivity index (χ0v) is 18.8. The number of benzene rings is 2. The van der Waals surface area contributed by atoms with Crippen molar-refractivity contribution in [3.63, 3.8) is 0 Å². The normalized spacial score (nSPS) is 17.4. The third-order valence-corrected chi connectivity index (χ3v) is 7.14. The van der Waals surface area contributed by atoms with Crippen molar-refractivity contribution < 1.29 is 18.3 Å². The summed E-state index contributed by atoms with van der Waals surface area (Å²) in [7, 11) is -3.64. The maximum absolute atomic E-state index is 12.5. The summed E-state index contributed by atoms with van der Waals surface area (Å²) in [6.45, 7) is 0.571. The summed E-state index contributed by atoms with van der Waals surface area (Å²) in [5, 5.41) is 21.6. The Morgan fingerprint density at radius 2 is 1.78 bits per heavy atom. The number of Topliss-reactive ketones (excluding diaryl/α,β-unsaturated/α-hetero) is 1. The molecular formula is C24H29N3O4S. The van der Waals surface area contributed by atoms with Crippen LogP contribution in [0.1, 0.15) is 31.2 Å². The highest BCUT2D eigenvalue weighted by Crippen LogP contribution is 2.23. The standard InChI is InChI=1S/C24H29N3O4S/c25-17-19(16-24(29)23-3-1-2-12-26-23)15-18-4-6-20(7-5-18)21-8-10-22(11-9-21)32(30,31)27-13-14-28/h4-11,19,23,26-28H,1-3,12-16H2/t19-,23+/m1/s1. The highest BCUT2D eigenvalue weighted by Gasteiger charge is 2.23. The van der Waals surface area contributed by atoms with E-state index in [9.17, 15) is 18.5 Å². The van der Waals surface area contributed by atoms with Crippen LogP contribution in [0, 0.1) is 17.2 Å². The number of carbonyl (C=O) groups is 1. The van der Waals surface area contributed by atoms with Crippen LogP contribution in [0.2, 0.25) is 0 Å². The Bertz CT molecular complexity index is 1040. The van der Waals surface area contributed by atoms with Crippen LogP contribution >= 0.6 is 0 Å². The number of rotatable bonds is 10. The minimum absolute atomic E-state index is 0.0298. The van der Waals surface area contributed by atoms with E-state index in [4.69, 9.17) is 5.11 Å². The molecule has 1 saturated heterocycles. The van der Waals surface area contributed by atoms with E-state index >= 15 is 0 Å². The Hall–Kier alpha value is -2.57.